The molecule has 0 atom stereocenters. The quantitative estimate of drug-likeness (QED) is 0.663. The number of carbonyl (C=O) groups excluding carboxylic acids is 2. The molecule has 0 saturated carbocycles. The summed E-state index contributed by atoms with van der Waals surface area (Å²) in [5, 5.41) is 2.65. The number of hydrogen-bond donors (Lipinski definition) is 1. The maximum Gasteiger partial charge on any atom is 0.316 e. The van der Waals surface area contributed by atoms with Crippen LogP contribution in [0, 0.1) is 6.92 Å². The summed E-state index contributed by atoms with van der Waals surface area (Å²) in [6.45, 7) is 1.67. The van der Waals surface area contributed by atoms with Gasteiger partial charge in [-0.15, -0.1) is 11.8 Å². The van der Waals surface area contributed by atoms with Crippen molar-refractivity contribution in [2.24, 2.45) is 0 Å². The molecule has 0 saturated heterocycles. The number of carbonyl (C=O) groups is 2. The minimum absolute atomic E-state index is 0.184. The Morgan fingerprint density at radius 2 is 1.78 bits per heavy atom. The number of amides is 1. The van der Waals surface area contributed by atoms with Crippen LogP contribution >= 0.6 is 11.8 Å². The van der Waals surface area contributed by atoms with Crippen LogP contribution in [0.3, 0.4) is 0 Å². The molecule has 7 heteroatoms. The SMILES string of the molecule is COc1ccc(OC)c(NC(=O)COC(=O)CSCc2ccc(C)cc2)c1. The highest BCUT2D eigenvalue weighted by molar-refractivity contribution is 7.99. The summed E-state index contributed by atoms with van der Waals surface area (Å²) in [4.78, 5) is 23.8. The molecule has 1 N–H and O–H groups in total. The monoisotopic (exact) mass is 389 g/mol. The Morgan fingerprint density at radius 1 is 1.04 bits per heavy atom. The number of nitrogens with one attached hydrogen (secondary N) is 1. The maximum atomic E-state index is 12.0. The maximum absolute atomic E-state index is 12.0. The van der Waals surface area contributed by atoms with Crippen molar-refractivity contribution in [3.63, 3.8) is 0 Å². The topological polar surface area (TPSA) is 73.9 Å². The third-order valence-corrected chi connectivity index (χ3v) is 4.63. The van der Waals surface area contributed by atoms with Crippen LogP contribution in [0.1, 0.15) is 11.1 Å². The number of aryl methyl sites for hydroxylation is 1. The smallest absolute Gasteiger partial charge is 0.316 e. The molecule has 0 aromatic heterocycles. The van der Waals surface area contributed by atoms with Crippen LogP contribution in [0.2, 0.25) is 0 Å². The molecular formula is C20H23NO5S. The summed E-state index contributed by atoms with van der Waals surface area (Å²) in [7, 11) is 3.03. The Balaban J connectivity index is 1.74. The number of benzene rings is 2. The van der Waals surface area contributed by atoms with Crippen molar-refractivity contribution in [1.29, 1.82) is 0 Å². The third-order valence-electron chi connectivity index (χ3n) is 3.65. The molecule has 0 aliphatic heterocycles. The summed E-state index contributed by atoms with van der Waals surface area (Å²) in [5.41, 5.74) is 2.79. The number of ether oxygens (including phenoxy) is 3. The van der Waals surface area contributed by atoms with Crippen molar-refractivity contribution < 1.29 is 23.8 Å². The molecular weight excluding hydrogens is 366 g/mol. The van der Waals surface area contributed by atoms with Gasteiger partial charge in [-0.1, -0.05) is 29.8 Å². The second kappa shape index (κ2) is 10.5. The van der Waals surface area contributed by atoms with Gasteiger partial charge in [-0.2, -0.15) is 0 Å². The van der Waals surface area contributed by atoms with E-state index in [1.165, 1.54) is 31.5 Å². The van der Waals surface area contributed by atoms with Crippen LogP contribution in [0.5, 0.6) is 11.5 Å². The second-order valence-corrected chi connectivity index (χ2v) is 6.74. The molecule has 6 nitrogen and oxygen atoms in total. The van der Waals surface area contributed by atoms with Crippen molar-refractivity contribution in [3.05, 3.63) is 53.6 Å². The van der Waals surface area contributed by atoms with Gasteiger partial charge < -0.3 is 19.5 Å². The Bertz CT molecular complexity index is 776. The number of methoxy groups -OCH3 is 2. The lowest BCUT2D eigenvalue weighted by atomic mass is 10.2. The molecule has 2 aromatic carbocycles. The fraction of sp³-hybridized carbons (Fsp3) is 0.300. The minimum atomic E-state index is -0.446. The largest absolute Gasteiger partial charge is 0.497 e. The summed E-state index contributed by atoms with van der Waals surface area (Å²) in [5.74, 6) is 1.09. The van der Waals surface area contributed by atoms with Gasteiger partial charge >= 0.3 is 5.97 Å². The van der Waals surface area contributed by atoms with Gasteiger partial charge in [0.05, 0.1) is 25.7 Å². The zero-order chi connectivity index (χ0) is 19.6. The van der Waals surface area contributed by atoms with E-state index in [9.17, 15) is 9.59 Å². The highest BCUT2D eigenvalue weighted by atomic mass is 32.2. The van der Waals surface area contributed by atoms with Crippen LogP contribution in [0.25, 0.3) is 0 Å². The lowest BCUT2D eigenvalue weighted by molar-refractivity contribution is -0.144. The molecule has 0 radical (unpaired) electrons. The summed E-state index contributed by atoms with van der Waals surface area (Å²) in [6, 6.07) is 13.2. The molecule has 144 valence electrons. The lowest BCUT2D eigenvalue weighted by Crippen LogP contribution is -2.22. The van der Waals surface area contributed by atoms with Crippen LogP contribution in [0.4, 0.5) is 5.69 Å². The van der Waals surface area contributed by atoms with Gasteiger partial charge in [0.1, 0.15) is 11.5 Å². The van der Waals surface area contributed by atoms with Crippen LogP contribution in [0.15, 0.2) is 42.5 Å². The molecule has 27 heavy (non-hydrogen) atoms. The highest BCUT2D eigenvalue weighted by Gasteiger charge is 2.12. The minimum Gasteiger partial charge on any atom is -0.497 e. The average molecular weight is 389 g/mol. The average Bonchev–Trinajstić information content (AvgIpc) is 2.68. The standard InChI is InChI=1S/C20H23NO5S/c1-14-4-6-15(7-5-14)12-27-13-20(23)26-11-19(22)21-17-10-16(24-2)8-9-18(17)25-3/h4-10H,11-13H2,1-3H3,(H,21,22). The first kappa shape index (κ1) is 20.6. The first-order valence-corrected chi connectivity index (χ1v) is 9.48. The molecule has 0 unspecified atom stereocenters. The summed E-state index contributed by atoms with van der Waals surface area (Å²) < 4.78 is 15.3. The number of hydrogen-bond acceptors (Lipinski definition) is 6. The van der Waals surface area contributed by atoms with E-state index in [2.05, 4.69) is 5.32 Å². The van der Waals surface area contributed by atoms with Crippen molar-refractivity contribution in [2.45, 2.75) is 12.7 Å². The molecule has 0 aliphatic carbocycles. The van der Waals surface area contributed by atoms with E-state index < -0.39 is 11.9 Å². The predicted octanol–water partition coefficient (Wildman–Crippen LogP) is 3.43. The van der Waals surface area contributed by atoms with Gasteiger partial charge in [-0.3, -0.25) is 9.59 Å². The first-order chi connectivity index (χ1) is 13.0. The van der Waals surface area contributed by atoms with Gasteiger partial charge in [0.2, 0.25) is 0 Å². The van der Waals surface area contributed by atoms with Gasteiger partial charge in [0.25, 0.3) is 5.91 Å². The van der Waals surface area contributed by atoms with E-state index >= 15 is 0 Å². The lowest BCUT2D eigenvalue weighted by Gasteiger charge is -2.12. The first-order valence-electron chi connectivity index (χ1n) is 8.32. The molecule has 1 amide bonds. The molecule has 0 heterocycles. The van der Waals surface area contributed by atoms with Crippen LogP contribution in [-0.2, 0) is 20.1 Å². The number of thioether (sulfide) groups is 1. The van der Waals surface area contributed by atoms with Crippen molar-refractivity contribution in [3.8, 4) is 11.5 Å². The fourth-order valence-corrected chi connectivity index (χ4v) is 3.00. The molecule has 2 aromatic rings. The normalized spacial score (nSPS) is 10.2. The fourth-order valence-electron chi connectivity index (χ4n) is 2.22. The van der Waals surface area contributed by atoms with E-state index in [4.69, 9.17) is 14.2 Å². The van der Waals surface area contributed by atoms with E-state index in [1.54, 1.807) is 18.2 Å². The third kappa shape index (κ3) is 6.86. The number of rotatable bonds is 9. The Hall–Kier alpha value is -2.67. The highest BCUT2D eigenvalue weighted by Crippen LogP contribution is 2.28. The van der Waals surface area contributed by atoms with Crippen molar-refractivity contribution in [2.75, 3.05) is 31.9 Å². The molecule has 0 aliphatic rings. The van der Waals surface area contributed by atoms with Crippen molar-refractivity contribution in [1.82, 2.24) is 0 Å². The van der Waals surface area contributed by atoms with E-state index in [1.807, 2.05) is 31.2 Å². The van der Waals surface area contributed by atoms with Crippen LogP contribution in [-0.4, -0.2) is 38.5 Å². The van der Waals surface area contributed by atoms with Crippen molar-refractivity contribution >= 4 is 29.3 Å². The van der Waals surface area contributed by atoms with Gasteiger partial charge in [-0.25, -0.2) is 0 Å². The van der Waals surface area contributed by atoms with E-state index in [-0.39, 0.29) is 12.4 Å². The molecule has 0 spiro atoms. The Kier molecular flexibility index (Phi) is 8.00. The molecule has 2 rings (SSSR count). The molecule has 0 bridgehead atoms. The van der Waals surface area contributed by atoms with E-state index in [0.717, 1.165) is 5.56 Å². The van der Waals surface area contributed by atoms with Crippen LogP contribution < -0.4 is 14.8 Å². The summed E-state index contributed by atoms with van der Waals surface area (Å²) in [6.07, 6.45) is 0. The Morgan fingerprint density at radius 3 is 2.44 bits per heavy atom. The summed E-state index contributed by atoms with van der Waals surface area (Å²) >= 11 is 1.44. The zero-order valence-corrected chi connectivity index (χ0v) is 16.4. The van der Waals surface area contributed by atoms with E-state index in [0.29, 0.717) is 22.9 Å². The predicted molar refractivity (Wildman–Crippen MR) is 106 cm³/mol. The number of esters is 1. The zero-order valence-electron chi connectivity index (χ0n) is 15.6. The van der Waals surface area contributed by atoms with Gasteiger partial charge in [-0.05, 0) is 24.6 Å². The number of anilines is 1. The van der Waals surface area contributed by atoms with Gasteiger partial charge in [0.15, 0.2) is 6.61 Å². The van der Waals surface area contributed by atoms with Gasteiger partial charge in [0, 0.05) is 11.8 Å². The molecule has 0 fully saturated rings. The second-order valence-electron chi connectivity index (χ2n) is 5.75. The Labute approximate surface area is 163 Å².